The maximum Gasteiger partial charge on any atom is 0.339 e. The van der Waals surface area contributed by atoms with Gasteiger partial charge in [0.1, 0.15) is 18.6 Å². The summed E-state index contributed by atoms with van der Waals surface area (Å²) in [6.07, 6.45) is 3.44. The fraction of sp³-hybridized carbons (Fsp3) is 0.125. The second-order valence-electron chi connectivity index (χ2n) is 4.40. The van der Waals surface area contributed by atoms with Crippen molar-refractivity contribution in [3.63, 3.8) is 0 Å². The normalized spacial score (nSPS) is 10.6. The minimum Gasteiger partial charge on any atom is -0.455 e. The van der Waals surface area contributed by atoms with E-state index in [0.29, 0.717) is 17.1 Å². The number of aromatic nitrogens is 1. The van der Waals surface area contributed by atoms with E-state index in [1.165, 1.54) is 18.0 Å². The molecule has 0 aliphatic rings. The van der Waals surface area contributed by atoms with Gasteiger partial charge in [-0.05, 0) is 29.8 Å². The van der Waals surface area contributed by atoms with Crippen molar-refractivity contribution in [3.8, 4) is 10.8 Å². The lowest BCUT2D eigenvalue weighted by Gasteiger charge is -2.06. The first kappa shape index (κ1) is 14.9. The molecule has 0 aliphatic carbocycles. The molecule has 0 bridgehead atoms. The Hall–Kier alpha value is -2.05. The first-order valence-electron chi connectivity index (χ1n) is 6.56. The van der Waals surface area contributed by atoms with Crippen LogP contribution in [0.3, 0.4) is 0 Å². The van der Waals surface area contributed by atoms with Crippen molar-refractivity contribution in [2.75, 3.05) is 6.26 Å². The summed E-state index contributed by atoms with van der Waals surface area (Å²) in [4.78, 5) is 18.3. The molecule has 3 rings (SSSR count). The van der Waals surface area contributed by atoms with Gasteiger partial charge in [0.15, 0.2) is 0 Å². The quantitative estimate of drug-likeness (QED) is 0.509. The van der Waals surface area contributed by atoms with Gasteiger partial charge in [-0.1, -0.05) is 18.2 Å². The summed E-state index contributed by atoms with van der Waals surface area (Å²) in [6.45, 7) is 0.0937. The summed E-state index contributed by atoms with van der Waals surface area (Å²) in [5.74, 6) is 0.191. The zero-order valence-corrected chi connectivity index (χ0v) is 13.4. The summed E-state index contributed by atoms with van der Waals surface area (Å²) >= 11 is 3.06. The van der Waals surface area contributed by atoms with Crippen LogP contribution in [0.1, 0.15) is 16.1 Å². The Morgan fingerprint density at radius 3 is 2.95 bits per heavy atom. The number of carbonyl (C=O) groups is 1. The number of hydrogen-bond donors (Lipinski definition) is 0. The van der Waals surface area contributed by atoms with Crippen molar-refractivity contribution in [1.82, 2.24) is 4.98 Å². The molecule has 0 aliphatic heterocycles. The summed E-state index contributed by atoms with van der Waals surface area (Å²) in [5.41, 5.74) is 1.16. The topological polar surface area (TPSA) is 52.3 Å². The van der Waals surface area contributed by atoms with Gasteiger partial charge >= 0.3 is 5.97 Å². The average Bonchev–Trinajstić information content (AvgIpc) is 3.23. The second kappa shape index (κ2) is 6.81. The molecule has 4 nitrogen and oxygen atoms in total. The number of nitrogens with zero attached hydrogens (tertiary/aromatic N) is 1. The maximum absolute atomic E-state index is 12.1. The van der Waals surface area contributed by atoms with E-state index in [9.17, 15) is 4.79 Å². The van der Waals surface area contributed by atoms with Gasteiger partial charge in [0.25, 0.3) is 0 Å². The SMILES string of the molecule is CSc1ccccc1C(=O)OCc1coc(-c2cccs2)n1. The number of carbonyl (C=O) groups excluding carboxylic acids is 1. The molecule has 0 unspecified atom stereocenters. The molecule has 0 amide bonds. The maximum atomic E-state index is 12.1. The number of esters is 1. The van der Waals surface area contributed by atoms with Crippen LogP contribution in [0.5, 0.6) is 0 Å². The highest BCUT2D eigenvalue weighted by molar-refractivity contribution is 7.98. The zero-order valence-electron chi connectivity index (χ0n) is 11.8. The van der Waals surface area contributed by atoms with Crippen molar-refractivity contribution in [2.45, 2.75) is 11.5 Å². The van der Waals surface area contributed by atoms with E-state index >= 15 is 0 Å². The van der Waals surface area contributed by atoms with Crippen molar-refractivity contribution in [1.29, 1.82) is 0 Å². The van der Waals surface area contributed by atoms with Crippen LogP contribution in [-0.4, -0.2) is 17.2 Å². The predicted octanol–water partition coefficient (Wildman–Crippen LogP) is 4.48. The smallest absolute Gasteiger partial charge is 0.339 e. The summed E-state index contributed by atoms with van der Waals surface area (Å²) in [7, 11) is 0. The zero-order chi connectivity index (χ0) is 15.4. The number of thioether (sulfide) groups is 1. The van der Waals surface area contributed by atoms with E-state index in [1.807, 2.05) is 42.0 Å². The van der Waals surface area contributed by atoms with Gasteiger partial charge in [-0.15, -0.1) is 23.1 Å². The lowest BCUT2D eigenvalue weighted by atomic mass is 10.2. The molecule has 0 fully saturated rings. The number of oxazole rings is 1. The van der Waals surface area contributed by atoms with Crippen LogP contribution < -0.4 is 0 Å². The predicted molar refractivity (Wildman–Crippen MR) is 87.2 cm³/mol. The number of ether oxygens (including phenoxy) is 1. The highest BCUT2D eigenvalue weighted by Crippen LogP contribution is 2.24. The van der Waals surface area contributed by atoms with Gasteiger partial charge in [-0.2, -0.15) is 0 Å². The Labute approximate surface area is 136 Å². The van der Waals surface area contributed by atoms with Crippen LogP contribution in [0, 0.1) is 0 Å². The first-order valence-corrected chi connectivity index (χ1v) is 8.67. The van der Waals surface area contributed by atoms with E-state index < -0.39 is 0 Å². The minimum absolute atomic E-state index is 0.0937. The average molecular weight is 331 g/mol. The molecule has 0 radical (unpaired) electrons. The highest BCUT2D eigenvalue weighted by atomic mass is 32.2. The summed E-state index contributed by atoms with van der Waals surface area (Å²) < 4.78 is 10.7. The molecule has 0 saturated carbocycles. The van der Waals surface area contributed by atoms with E-state index in [4.69, 9.17) is 9.15 Å². The number of rotatable bonds is 5. The van der Waals surface area contributed by atoms with Crippen molar-refractivity contribution < 1.29 is 13.9 Å². The van der Waals surface area contributed by atoms with Gasteiger partial charge in [0.05, 0.1) is 10.4 Å². The molecule has 0 N–H and O–H groups in total. The van der Waals surface area contributed by atoms with Crippen LogP contribution in [0.25, 0.3) is 10.8 Å². The third-order valence-electron chi connectivity index (χ3n) is 2.96. The third kappa shape index (κ3) is 3.23. The Morgan fingerprint density at radius 2 is 2.18 bits per heavy atom. The number of hydrogen-bond acceptors (Lipinski definition) is 6. The number of thiophene rings is 1. The molecule has 0 atom stereocenters. The van der Waals surface area contributed by atoms with Crippen LogP contribution >= 0.6 is 23.1 Å². The van der Waals surface area contributed by atoms with Crippen LogP contribution in [0.15, 0.2) is 57.4 Å². The molecule has 2 heterocycles. The van der Waals surface area contributed by atoms with Crippen molar-refractivity contribution in [3.05, 3.63) is 59.3 Å². The minimum atomic E-state index is -0.356. The van der Waals surface area contributed by atoms with Crippen LogP contribution in [0.2, 0.25) is 0 Å². The molecule has 6 heteroatoms. The van der Waals surface area contributed by atoms with E-state index in [0.717, 1.165) is 9.77 Å². The third-order valence-corrected chi connectivity index (χ3v) is 4.62. The molecule has 112 valence electrons. The van der Waals surface area contributed by atoms with E-state index in [-0.39, 0.29) is 12.6 Å². The Bertz CT molecular complexity index is 765. The standard InChI is InChI=1S/C16H13NO3S2/c1-21-13-6-3-2-5-12(13)16(18)20-10-11-9-19-15(17-11)14-7-4-8-22-14/h2-9H,10H2,1H3. The van der Waals surface area contributed by atoms with Crippen LogP contribution in [-0.2, 0) is 11.3 Å². The Morgan fingerprint density at radius 1 is 1.32 bits per heavy atom. The monoisotopic (exact) mass is 331 g/mol. The van der Waals surface area contributed by atoms with Crippen molar-refractivity contribution in [2.24, 2.45) is 0 Å². The lowest BCUT2D eigenvalue weighted by molar-refractivity contribution is 0.0463. The van der Waals surface area contributed by atoms with Crippen LogP contribution in [0.4, 0.5) is 0 Å². The Kier molecular flexibility index (Phi) is 4.60. The fourth-order valence-corrected chi connectivity index (χ4v) is 3.16. The summed E-state index contributed by atoms with van der Waals surface area (Å²) in [5, 5.41) is 1.96. The molecule has 0 saturated heterocycles. The number of benzene rings is 1. The molecule has 2 aromatic heterocycles. The second-order valence-corrected chi connectivity index (χ2v) is 6.19. The molecular weight excluding hydrogens is 318 g/mol. The van der Waals surface area contributed by atoms with Gasteiger partial charge in [-0.3, -0.25) is 0 Å². The van der Waals surface area contributed by atoms with Gasteiger partial charge in [0.2, 0.25) is 5.89 Å². The Balaban J connectivity index is 1.66. The van der Waals surface area contributed by atoms with Gasteiger partial charge < -0.3 is 9.15 Å². The van der Waals surface area contributed by atoms with E-state index in [1.54, 1.807) is 17.4 Å². The van der Waals surface area contributed by atoms with E-state index in [2.05, 4.69) is 4.98 Å². The van der Waals surface area contributed by atoms with Gasteiger partial charge in [0, 0.05) is 4.90 Å². The molecular formula is C16H13NO3S2. The highest BCUT2D eigenvalue weighted by Gasteiger charge is 2.14. The largest absolute Gasteiger partial charge is 0.455 e. The molecule has 3 aromatic rings. The summed E-state index contributed by atoms with van der Waals surface area (Å²) in [6, 6.07) is 11.2. The lowest BCUT2D eigenvalue weighted by Crippen LogP contribution is -2.06. The molecule has 1 aromatic carbocycles. The first-order chi connectivity index (χ1) is 10.8. The van der Waals surface area contributed by atoms with Gasteiger partial charge in [-0.25, -0.2) is 9.78 Å². The molecule has 0 spiro atoms. The molecule has 22 heavy (non-hydrogen) atoms. The fourth-order valence-electron chi connectivity index (χ4n) is 1.92. The van der Waals surface area contributed by atoms with Crippen molar-refractivity contribution >= 4 is 29.1 Å².